The molecule has 0 saturated heterocycles. The molecule has 2 aromatic carbocycles. The van der Waals surface area contributed by atoms with Gasteiger partial charge in [-0.1, -0.05) is 18.2 Å². The van der Waals surface area contributed by atoms with E-state index in [1.54, 1.807) is 0 Å². The lowest BCUT2D eigenvalue weighted by Crippen LogP contribution is -2.05. The summed E-state index contributed by atoms with van der Waals surface area (Å²) in [6.45, 7) is 1.40. The van der Waals surface area contributed by atoms with Crippen LogP contribution in [-0.2, 0) is 22.4 Å². The predicted molar refractivity (Wildman–Crippen MR) is 71.7 cm³/mol. The van der Waals surface area contributed by atoms with Gasteiger partial charge in [0.05, 0.1) is 0 Å². The number of rotatable bonds is 1. The fraction of sp³-hybridized carbons (Fsp3) is 0.188. The summed E-state index contributed by atoms with van der Waals surface area (Å²) >= 11 is 0. The van der Waals surface area contributed by atoms with Crippen molar-refractivity contribution in [3.05, 3.63) is 47.2 Å². The number of ether oxygens (including phenoxy) is 2. The highest BCUT2D eigenvalue weighted by atomic mass is 16.6. The van der Waals surface area contributed by atoms with Gasteiger partial charge in [-0.25, -0.2) is 0 Å². The monoisotopic (exact) mass is 252 g/mol. The standard InChI is InChI=1S/C16H12O3/c1-9(17)19-14-8-18-13-7-5-11-3-2-10-4-6-12(14)16(13)15(10)11/h4-8H,2-3H2,1H3. The average molecular weight is 252 g/mol. The van der Waals surface area contributed by atoms with Crippen molar-refractivity contribution in [1.29, 1.82) is 0 Å². The first-order valence-electron chi connectivity index (χ1n) is 6.37. The maximum absolute atomic E-state index is 11.2. The third-order valence-electron chi connectivity index (χ3n) is 3.77. The second kappa shape index (κ2) is 3.60. The first-order chi connectivity index (χ1) is 9.24. The zero-order valence-corrected chi connectivity index (χ0v) is 10.5. The lowest BCUT2D eigenvalue weighted by Gasteiger charge is -2.19. The zero-order valence-electron chi connectivity index (χ0n) is 10.5. The summed E-state index contributed by atoms with van der Waals surface area (Å²) in [5.74, 6) is 1.01. The molecule has 0 spiro atoms. The Morgan fingerprint density at radius 1 is 1.11 bits per heavy atom. The maximum atomic E-state index is 11.2. The second-order valence-electron chi connectivity index (χ2n) is 4.94. The molecule has 0 N–H and O–H groups in total. The van der Waals surface area contributed by atoms with Crippen molar-refractivity contribution >= 4 is 22.5 Å². The van der Waals surface area contributed by atoms with Crippen molar-refractivity contribution in [2.45, 2.75) is 19.8 Å². The van der Waals surface area contributed by atoms with Crippen molar-refractivity contribution in [2.24, 2.45) is 0 Å². The molecule has 0 atom stereocenters. The molecular weight excluding hydrogens is 240 g/mol. The van der Waals surface area contributed by atoms with E-state index in [4.69, 9.17) is 9.47 Å². The quantitative estimate of drug-likeness (QED) is 0.731. The first kappa shape index (κ1) is 10.6. The van der Waals surface area contributed by atoms with Gasteiger partial charge < -0.3 is 9.47 Å². The Kier molecular flexibility index (Phi) is 2.01. The van der Waals surface area contributed by atoms with Crippen molar-refractivity contribution in [3.8, 4) is 5.75 Å². The Balaban J connectivity index is 2.03. The fourth-order valence-electron chi connectivity index (χ4n) is 3.02. The van der Waals surface area contributed by atoms with Crippen LogP contribution in [0.15, 0.2) is 30.5 Å². The average Bonchev–Trinajstić information content (AvgIpc) is 2.82. The van der Waals surface area contributed by atoms with Crippen molar-refractivity contribution < 1.29 is 14.3 Å². The highest BCUT2D eigenvalue weighted by Gasteiger charge is 2.24. The molecule has 3 nitrogen and oxygen atoms in total. The molecule has 0 saturated carbocycles. The lowest BCUT2D eigenvalue weighted by molar-refractivity contribution is -0.134. The Morgan fingerprint density at radius 2 is 1.84 bits per heavy atom. The highest BCUT2D eigenvalue weighted by molar-refractivity contribution is 6.03. The van der Waals surface area contributed by atoms with Gasteiger partial charge in [-0.15, -0.1) is 0 Å². The number of carbonyl (C=O) groups is 1. The summed E-state index contributed by atoms with van der Waals surface area (Å²) in [5.41, 5.74) is 3.64. The number of aryl methyl sites for hydroxylation is 2. The molecule has 19 heavy (non-hydrogen) atoms. The Labute approximate surface area is 110 Å². The predicted octanol–water partition coefficient (Wildman–Crippen LogP) is 3.19. The van der Waals surface area contributed by atoms with Gasteiger partial charge in [0.15, 0.2) is 5.76 Å². The van der Waals surface area contributed by atoms with Gasteiger partial charge in [0.25, 0.3) is 0 Å². The molecule has 0 bridgehead atoms. The zero-order chi connectivity index (χ0) is 13.0. The van der Waals surface area contributed by atoms with Crippen LogP contribution in [0.2, 0.25) is 0 Å². The molecule has 0 amide bonds. The summed E-state index contributed by atoms with van der Waals surface area (Å²) in [4.78, 5) is 11.2. The van der Waals surface area contributed by atoms with Crippen molar-refractivity contribution in [3.63, 3.8) is 0 Å². The molecule has 1 aliphatic carbocycles. The molecule has 1 aliphatic heterocycles. The van der Waals surface area contributed by atoms with E-state index in [-0.39, 0.29) is 5.97 Å². The summed E-state index contributed by atoms with van der Waals surface area (Å²) in [5, 5.41) is 2.35. The Morgan fingerprint density at radius 3 is 2.58 bits per heavy atom. The van der Waals surface area contributed by atoms with Crippen LogP contribution in [0, 0.1) is 0 Å². The SMILES string of the molecule is CC(=O)OC1=COc2ccc3c4c(ccc1c24)CC3. The van der Waals surface area contributed by atoms with Gasteiger partial charge in [-0.2, -0.15) is 0 Å². The summed E-state index contributed by atoms with van der Waals surface area (Å²) in [7, 11) is 0. The number of carbonyl (C=O) groups excluding carboxylic acids is 1. The van der Waals surface area contributed by atoms with Gasteiger partial charge in [0, 0.05) is 17.9 Å². The smallest absolute Gasteiger partial charge is 0.308 e. The van der Waals surface area contributed by atoms with Crippen LogP contribution in [0.5, 0.6) is 5.75 Å². The normalized spacial score (nSPS) is 15.1. The number of benzene rings is 2. The van der Waals surface area contributed by atoms with Gasteiger partial charge >= 0.3 is 5.97 Å². The lowest BCUT2D eigenvalue weighted by atomic mass is 9.97. The number of hydrogen-bond acceptors (Lipinski definition) is 3. The van der Waals surface area contributed by atoms with E-state index in [9.17, 15) is 4.79 Å². The van der Waals surface area contributed by atoms with Crippen LogP contribution < -0.4 is 4.74 Å². The molecule has 4 rings (SSSR count). The summed E-state index contributed by atoms with van der Waals surface area (Å²) in [6.07, 6.45) is 3.65. The van der Waals surface area contributed by atoms with Crippen LogP contribution in [0.1, 0.15) is 23.6 Å². The Hall–Kier alpha value is -2.29. The third-order valence-corrected chi connectivity index (χ3v) is 3.77. The Bertz CT molecular complexity index is 746. The van der Waals surface area contributed by atoms with E-state index >= 15 is 0 Å². The fourth-order valence-corrected chi connectivity index (χ4v) is 3.02. The molecule has 0 radical (unpaired) electrons. The van der Waals surface area contributed by atoms with Crippen molar-refractivity contribution in [2.75, 3.05) is 0 Å². The first-order valence-corrected chi connectivity index (χ1v) is 6.37. The van der Waals surface area contributed by atoms with Gasteiger partial charge in [-0.3, -0.25) is 4.79 Å². The third kappa shape index (κ3) is 1.41. The molecule has 1 heterocycles. The largest absolute Gasteiger partial charge is 0.460 e. The van der Waals surface area contributed by atoms with Gasteiger partial charge in [0.1, 0.15) is 12.0 Å². The van der Waals surface area contributed by atoms with E-state index in [0.29, 0.717) is 5.76 Å². The minimum atomic E-state index is -0.332. The number of esters is 1. The van der Waals surface area contributed by atoms with Crippen LogP contribution in [0.4, 0.5) is 0 Å². The summed E-state index contributed by atoms with van der Waals surface area (Å²) < 4.78 is 10.8. The van der Waals surface area contributed by atoms with E-state index in [2.05, 4.69) is 12.1 Å². The van der Waals surface area contributed by atoms with E-state index < -0.39 is 0 Å². The van der Waals surface area contributed by atoms with E-state index in [1.165, 1.54) is 29.7 Å². The van der Waals surface area contributed by atoms with Gasteiger partial charge in [0.2, 0.25) is 0 Å². The molecule has 2 aromatic rings. The van der Waals surface area contributed by atoms with Crippen LogP contribution in [-0.4, -0.2) is 5.97 Å². The minimum absolute atomic E-state index is 0.332. The molecule has 3 heteroatoms. The molecule has 2 aliphatic rings. The van der Waals surface area contributed by atoms with E-state index in [0.717, 1.165) is 29.5 Å². The molecule has 0 unspecified atom stereocenters. The maximum Gasteiger partial charge on any atom is 0.308 e. The minimum Gasteiger partial charge on any atom is -0.460 e. The van der Waals surface area contributed by atoms with Crippen molar-refractivity contribution in [1.82, 2.24) is 0 Å². The molecule has 0 aromatic heterocycles. The molecule has 0 fully saturated rings. The molecule has 94 valence electrons. The summed E-state index contributed by atoms with van der Waals surface area (Å²) in [6, 6.07) is 8.27. The highest BCUT2D eigenvalue weighted by Crippen LogP contribution is 2.43. The van der Waals surface area contributed by atoms with E-state index in [1.807, 2.05) is 12.1 Å². The molecular formula is C16H12O3. The topological polar surface area (TPSA) is 35.5 Å². The van der Waals surface area contributed by atoms with Gasteiger partial charge in [-0.05, 0) is 35.4 Å². The van der Waals surface area contributed by atoms with Crippen LogP contribution in [0.3, 0.4) is 0 Å². The van der Waals surface area contributed by atoms with Crippen LogP contribution >= 0.6 is 0 Å². The number of hydrogen-bond donors (Lipinski definition) is 0. The second-order valence-corrected chi connectivity index (χ2v) is 4.94. The van der Waals surface area contributed by atoms with Crippen LogP contribution in [0.25, 0.3) is 16.5 Å².